The van der Waals surface area contributed by atoms with Gasteiger partial charge in [-0.25, -0.2) is 0 Å². The van der Waals surface area contributed by atoms with Gasteiger partial charge in [0.15, 0.2) is 5.78 Å². The number of ketones is 1. The van der Waals surface area contributed by atoms with Crippen molar-refractivity contribution in [3.8, 4) is 5.75 Å². The average molecular weight is 275 g/mol. The van der Waals surface area contributed by atoms with Gasteiger partial charge in [0.25, 0.3) is 5.69 Å². The van der Waals surface area contributed by atoms with E-state index in [0.717, 1.165) is 18.2 Å². The molecule has 1 aromatic carbocycles. The molecule has 0 amide bonds. The summed E-state index contributed by atoms with van der Waals surface area (Å²) in [7, 11) is 0. The molecule has 2 rings (SSSR count). The molecular weight excluding hydrogens is 267 g/mol. The quantitative estimate of drug-likeness (QED) is 0.614. The Labute approximate surface area is 105 Å². The Kier molecular flexibility index (Phi) is 3.17. The Hall–Kier alpha value is -2.12. The molecule has 0 aromatic heterocycles. The highest BCUT2D eigenvalue weighted by Crippen LogP contribution is 2.35. The molecule has 0 radical (unpaired) electrons. The zero-order chi connectivity index (χ0) is 14.2. The monoisotopic (exact) mass is 275 g/mol. The van der Waals surface area contributed by atoms with E-state index >= 15 is 0 Å². The molecule has 1 atom stereocenters. The lowest BCUT2D eigenvalue weighted by atomic mass is 9.92. The lowest BCUT2D eigenvalue weighted by molar-refractivity contribution is -0.385. The summed E-state index contributed by atoms with van der Waals surface area (Å²) in [6.07, 6.45) is -5.72. The molecule has 1 unspecified atom stereocenters. The first-order valence-corrected chi connectivity index (χ1v) is 5.30. The second-order valence-corrected chi connectivity index (χ2v) is 4.13. The average Bonchev–Trinajstić information content (AvgIpc) is 2.31. The van der Waals surface area contributed by atoms with Gasteiger partial charge in [0.2, 0.25) is 0 Å². The summed E-state index contributed by atoms with van der Waals surface area (Å²) in [4.78, 5) is 21.7. The number of nitrogens with zero attached hydrogens (tertiary/aromatic N) is 1. The van der Waals surface area contributed by atoms with Crippen molar-refractivity contribution >= 4 is 11.5 Å². The van der Waals surface area contributed by atoms with Crippen LogP contribution in [0.5, 0.6) is 5.75 Å². The highest BCUT2D eigenvalue weighted by atomic mass is 19.4. The third-order valence-corrected chi connectivity index (χ3v) is 2.73. The van der Waals surface area contributed by atoms with Crippen molar-refractivity contribution in [3.63, 3.8) is 0 Å². The Morgan fingerprint density at radius 3 is 2.68 bits per heavy atom. The van der Waals surface area contributed by atoms with E-state index in [0.29, 0.717) is 0 Å². The number of hydrogen-bond donors (Lipinski definition) is 0. The zero-order valence-corrected chi connectivity index (χ0v) is 9.44. The number of fused-ring (bicyclic) bond motifs is 1. The number of nitro benzene ring substituents is 1. The molecule has 0 saturated heterocycles. The predicted molar refractivity (Wildman–Crippen MR) is 57.1 cm³/mol. The summed E-state index contributed by atoms with van der Waals surface area (Å²) in [5.41, 5.74) is -0.327. The van der Waals surface area contributed by atoms with Crippen LogP contribution in [0.1, 0.15) is 16.8 Å². The number of rotatable bonds is 2. The van der Waals surface area contributed by atoms with E-state index in [2.05, 4.69) is 0 Å². The van der Waals surface area contributed by atoms with Crippen LogP contribution < -0.4 is 4.74 Å². The smallest absolute Gasteiger partial charge is 0.389 e. The minimum atomic E-state index is -4.46. The fourth-order valence-corrected chi connectivity index (χ4v) is 1.86. The summed E-state index contributed by atoms with van der Waals surface area (Å²) in [6, 6.07) is 3.23. The highest BCUT2D eigenvalue weighted by molar-refractivity contribution is 6.01. The van der Waals surface area contributed by atoms with Gasteiger partial charge in [-0.05, 0) is 6.07 Å². The Morgan fingerprint density at radius 1 is 1.42 bits per heavy atom. The number of Topliss-reactive ketones (excluding diaryl/α,β-unsaturated/α-hetero) is 1. The van der Waals surface area contributed by atoms with E-state index in [9.17, 15) is 28.1 Å². The molecule has 1 aromatic rings. The zero-order valence-electron chi connectivity index (χ0n) is 9.44. The van der Waals surface area contributed by atoms with Crippen molar-refractivity contribution in [1.82, 2.24) is 0 Å². The van der Waals surface area contributed by atoms with Crippen LogP contribution in [0.3, 0.4) is 0 Å². The topological polar surface area (TPSA) is 69.4 Å². The van der Waals surface area contributed by atoms with Crippen LogP contribution in [0.25, 0.3) is 0 Å². The molecule has 1 heterocycles. The molecule has 5 nitrogen and oxygen atoms in total. The highest BCUT2D eigenvalue weighted by Gasteiger charge is 2.39. The van der Waals surface area contributed by atoms with Gasteiger partial charge in [-0.15, -0.1) is 0 Å². The van der Waals surface area contributed by atoms with Crippen LogP contribution >= 0.6 is 0 Å². The molecule has 0 saturated carbocycles. The van der Waals surface area contributed by atoms with Crippen molar-refractivity contribution < 1.29 is 27.6 Å². The molecule has 19 heavy (non-hydrogen) atoms. The molecule has 102 valence electrons. The van der Waals surface area contributed by atoms with E-state index < -0.39 is 35.8 Å². The number of halogens is 3. The maximum Gasteiger partial charge on any atom is 0.389 e. The third kappa shape index (κ3) is 2.83. The minimum absolute atomic E-state index is 0.0439. The molecule has 0 fully saturated rings. The number of carbonyl (C=O) groups is 1. The van der Waals surface area contributed by atoms with Crippen molar-refractivity contribution in [3.05, 3.63) is 33.9 Å². The normalized spacial score (nSPS) is 18.7. The summed E-state index contributed by atoms with van der Waals surface area (Å²) in [5, 5.41) is 10.5. The summed E-state index contributed by atoms with van der Waals surface area (Å²) in [6.45, 7) is -0.424. The van der Waals surface area contributed by atoms with Crippen LogP contribution in [-0.2, 0) is 0 Å². The van der Waals surface area contributed by atoms with E-state index in [1.807, 2.05) is 0 Å². The standard InChI is InChI=1S/C11H8F3NO4/c12-11(13,14)4-6-5-19-9-3-7(15(17)18)1-2-8(9)10(6)16/h1-3,6H,4-5H2. The van der Waals surface area contributed by atoms with Crippen molar-refractivity contribution in [2.75, 3.05) is 6.61 Å². The number of nitro groups is 1. The van der Waals surface area contributed by atoms with Crippen molar-refractivity contribution in [2.45, 2.75) is 12.6 Å². The van der Waals surface area contributed by atoms with Gasteiger partial charge in [-0.1, -0.05) is 0 Å². The fraction of sp³-hybridized carbons (Fsp3) is 0.364. The lowest BCUT2D eigenvalue weighted by Gasteiger charge is -2.24. The fourth-order valence-electron chi connectivity index (χ4n) is 1.86. The largest absolute Gasteiger partial charge is 0.492 e. The second-order valence-electron chi connectivity index (χ2n) is 4.13. The van der Waals surface area contributed by atoms with Gasteiger partial charge in [0, 0.05) is 6.07 Å². The van der Waals surface area contributed by atoms with Crippen molar-refractivity contribution in [1.29, 1.82) is 0 Å². The molecule has 0 bridgehead atoms. The van der Waals surface area contributed by atoms with E-state index in [1.165, 1.54) is 0 Å². The number of hydrogen-bond acceptors (Lipinski definition) is 4. The Balaban J connectivity index is 2.27. The summed E-state index contributed by atoms with van der Waals surface area (Å²) >= 11 is 0. The number of non-ortho nitro benzene ring substituents is 1. The van der Waals surface area contributed by atoms with Crippen LogP contribution in [-0.4, -0.2) is 23.5 Å². The maximum atomic E-state index is 12.3. The molecular formula is C11H8F3NO4. The molecule has 1 aliphatic heterocycles. The summed E-state index contributed by atoms with van der Waals surface area (Å²) in [5.74, 6) is -2.04. The van der Waals surface area contributed by atoms with Gasteiger partial charge in [-0.3, -0.25) is 14.9 Å². The van der Waals surface area contributed by atoms with E-state index in [1.54, 1.807) is 0 Å². The molecule has 0 spiro atoms. The molecule has 1 aliphatic rings. The van der Waals surface area contributed by atoms with E-state index in [4.69, 9.17) is 4.74 Å². The van der Waals surface area contributed by atoms with Gasteiger partial charge >= 0.3 is 6.18 Å². The number of ether oxygens (including phenoxy) is 1. The summed E-state index contributed by atoms with van der Waals surface area (Å²) < 4.78 is 41.8. The minimum Gasteiger partial charge on any atom is -0.492 e. The van der Waals surface area contributed by atoms with E-state index in [-0.39, 0.29) is 17.0 Å². The lowest BCUT2D eigenvalue weighted by Crippen LogP contribution is -2.31. The number of benzene rings is 1. The first-order chi connectivity index (χ1) is 8.78. The van der Waals surface area contributed by atoms with Gasteiger partial charge in [0.05, 0.1) is 35.5 Å². The van der Waals surface area contributed by atoms with Crippen LogP contribution in [0.4, 0.5) is 18.9 Å². The SMILES string of the molecule is O=C1c2ccc([N+](=O)[O-])cc2OCC1CC(F)(F)F. The third-order valence-electron chi connectivity index (χ3n) is 2.73. The van der Waals surface area contributed by atoms with Crippen LogP contribution in [0.2, 0.25) is 0 Å². The molecule has 0 N–H and O–H groups in total. The van der Waals surface area contributed by atoms with Gasteiger partial charge < -0.3 is 4.74 Å². The predicted octanol–water partition coefficient (Wildman–Crippen LogP) is 2.74. The maximum absolute atomic E-state index is 12.3. The Bertz CT molecular complexity index is 541. The van der Waals surface area contributed by atoms with Crippen LogP contribution in [0.15, 0.2) is 18.2 Å². The van der Waals surface area contributed by atoms with Crippen molar-refractivity contribution in [2.24, 2.45) is 5.92 Å². The van der Waals surface area contributed by atoms with Gasteiger partial charge in [0.1, 0.15) is 5.75 Å². The number of alkyl halides is 3. The molecule has 0 aliphatic carbocycles. The van der Waals surface area contributed by atoms with Crippen LogP contribution in [0, 0.1) is 16.0 Å². The first kappa shape index (κ1) is 13.3. The first-order valence-electron chi connectivity index (χ1n) is 5.30. The molecule has 8 heteroatoms. The second kappa shape index (κ2) is 4.52. The number of carbonyl (C=O) groups excluding carboxylic acids is 1. The van der Waals surface area contributed by atoms with Gasteiger partial charge in [-0.2, -0.15) is 13.2 Å². The Morgan fingerprint density at radius 2 is 2.11 bits per heavy atom.